The molecule has 346 valence electrons. The summed E-state index contributed by atoms with van der Waals surface area (Å²) in [4.78, 5) is 65.3. The van der Waals surface area contributed by atoms with Crippen LogP contribution in [-0.2, 0) is 25.7 Å². The first-order valence-electron chi connectivity index (χ1n) is 23.6. The standard InChI is InChI=1S/C49H59N11O6/c1-4-40-48(64)57(2)42-28-51-49(54-45(42)60(40)36-11-7-8-12-36)52-38-20-14-32(27-43(38)65-3)39-30-59(56-55-39)35-17-15-34(16-18-35)50-23-25-66-24-9-5-6-10-31-13-19-37-33(26-31)29-58(47(37)63)41-21-22-44(61)53-46(41)62/h13-14,19-20,26-28,30,34-36,40-41,50H,4-5,7-9,11-12,15-18,21-25,29H2,1-3H3,(H,51,52,54)(H,53,61,62)/t34?,35?,40-,41?/m1/s1. The first kappa shape index (κ1) is 44.8. The molecular formula is C49H59N11O6. The van der Waals surface area contributed by atoms with Crippen molar-refractivity contribution in [3.8, 4) is 28.8 Å². The average Bonchev–Trinajstić information content (AvgIpc) is 4.12. The maximum absolute atomic E-state index is 13.3. The van der Waals surface area contributed by atoms with E-state index in [1.165, 1.54) is 0 Å². The number of piperidine rings is 1. The van der Waals surface area contributed by atoms with E-state index in [4.69, 9.17) is 14.5 Å². The highest BCUT2D eigenvalue weighted by Crippen LogP contribution is 2.41. The minimum atomic E-state index is -0.624. The van der Waals surface area contributed by atoms with Gasteiger partial charge >= 0.3 is 0 Å². The van der Waals surface area contributed by atoms with Gasteiger partial charge in [0, 0.05) is 68.4 Å². The maximum atomic E-state index is 13.3. The number of imide groups is 1. The number of amides is 4. The van der Waals surface area contributed by atoms with Crippen LogP contribution in [0.2, 0.25) is 0 Å². The van der Waals surface area contributed by atoms with E-state index < -0.39 is 11.9 Å². The van der Waals surface area contributed by atoms with Crippen LogP contribution in [0.15, 0.2) is 48.8 Å². The number of fused-ring (bicyclic) bond motifs is 2. The molecule has 3 N–H and O–H groups in total. The molecule has 3 aliphatic heterocycles. The number of ether oxygens (including phenoxy) is 2. The lowest BCUT2D eigenvalue weighted by Crippen LogP contribution is -2.55. The molecule has 9 rings (SSSR count). The van der Waals surface area contributed by atoms with Crippen LogP contribution < -0.4 is 30.5 Å². The Labute approximate surface area is 385 Å². The molecule has 2 aliphatic carbocycles. The highest BCUT2D eigenvalue weighted by Gasteiger charge is 2.42. The Hall–Kier alpha value is -6.38. The van der Waals surface area contributed by atoms with Gasteiger partial charge in [0.25, 0.3) is 5.91 Å². The Morgan fingerprint density at radius 2 is 1.79 bits per heavy atom. The number of hydrogen-bond acceptors (Lipinski definition) is 13. The third-order valence-electron chi connectivity index (χ3n) is 13.8. The fourth-order valence-electron chi connectivity index (χ4n) is 10.2. The lowest BCUT2D eigenvalue weighted by molar-refractivity contribution is -0.137. The first-order chi connectivity index (χ1) is 32.2. The van der Waals surface area contributed by atoms with Crippen molar-refractivity contribution in [2.75, 3.05) is 49.0 Å². The van der Waals surface area contributed by atoms with Crippen LogP contribution in [0.25, 0.3) is 11.3 Å². The second kappa shape index (κ2) is 20.0. The summed E-state index contributed by atoms with van der Waals surface area (Å²) >= 11 is 0. The highest BCUT2D eigenvalue weighted by atomic mass is 16.5. The molecule has 3 fully saturated rings. The van der Waals surface area contributed by atoms with E-state index in [1.807, 2.05) is 48.3 Å². The van der Waals surface area contributed by atoms with Crippen molar-refractivity contribution < 1.29 is 28.7 Å². The predicted octanol–water partition coefficient (Wildman–Crippen LogP) is 5.67. The third kappa shape index (κ3) is 9.48. The van der Waals surface area contributed by atoms with Crippen LogP contribution in [-0.4, -0.2) is 112 Å². The average molecular weight is 898 g/mol. The molecule has 2 aromatic heterocycles. The molecule has 4 aromatic rings. The number of unbranched alkanes of at least 4 members (excludes halogenated alkanes) is 1. The Balaban J connectivity index is 0.698. The zero-order chi connectivity index (χ0) is 45.7. The SMILES string of the molecule is CC[C@@H]1C(=O)N(C)c2cnc(Nc3ccc(-c4cn(C5CCC(NCCOCCCC#Cc6ccc7c(c6)CN(C6CCC(=O)NC6=O)C7=O)CC5)nn4)cc3OC)nc2N1C1CCCC1. The molecule has 2 atom stereocenters. The number of rotatable bonds is 15. The van der Waals surface area contributed by atoms with Crippen LogP contribution in [0.1, 0.15) is 118 Å². The number of nitrogens with zero attached hydrogens (tertiary/aromatic N) is 8. The van der Waals surface area contributed by atoms with Crippen LogP contribution in [0.3, 0.4) is 0 Å². The summed E-state index contributed by atoms with van der Waals surface area (Å²) in [5, 5.41) is 18.5. The monoisotopic (exact) mass is 897 g/mol. The van der Waals surface area contributed by atoms with Gasteiger partial charge in [-0.25, -0.2) is 9.67 Å². The molecule has 1 saturated heterocycles. The van der Waals surface area contributed by atoms with E-state index in [-0.39, 0.29) is 42.3 Å². The van der Waals surface area contributed by atoms with Gasteiger partial charge in [-0.05, 0) is 93.7 Å². The maximum Gasteiger partial charge on any atom is 0.255 e. The summed E-state index contributed by atoms with van der Waals surface area (Å²) in [6.07, 6.45) is 15.1. The smallest absolute Gasteiger partial charge is 0.255 e. The van der Waals surface area contributed by atoms with Gasteiger partial charge in [-0.2, -0.15) is 4.98 Å². The summed E-state index contributed by atoms with van der Waals surface area (Å²) in [7, 11) is 3.45. The predicted molar refractivity (Wildman–Crippen MR) is 248 cm³/mol. The van der Waals surface area contributed by atoms with E-state index in [9.17, 15) is 19.2 Å². The molecule has 5 aliphatic rings. The van der Waals surface area contributed by atoms with Gasteiger partial charge in [-0.15, -0.1) is 5.10 Å². The molecule has 5 heterocycles. The van der Waals surface area contributed by atoms with Gasteiger partial charge in [0.15, 0.2) is 5.82 Å². The van der Waals surface area contributed by atoms with Gasteiger partial charge in [0.1, 0.15) is 29.2 Å². The number of hydrogen-bond donors (Lipinski definition) is 3. The normalized spacial score (nSPS) is 22.0. The van der Waals surface area contributed by atoms with E-state index in [1.54, 1.807) is 29.2 Å². The molecule has 0 spiro atoms. The van der Waals surface area contributed by atoms with Crippen molar-refractivity contribution >= 4 is 46.8 Å². The summed E-state index contributed by atoms with van der Waals surface area (Å²) in [5.41, 5.74) is 5.41. The summed E-state index contributed by atoms with van der Waals surface area (Å²) in [5.74, 6) is 7.50. The summed E-state index contributed by atoms with van der Waals surface area (Å²) < 4.78 is 13.7. The number of nitrogens with one attached hydrogen (secondary N) is 3. The third-order valence-corrected chi connectivity index (χ3v) is 13.8. The number of anilines is 4. The van der Waals surface area contributed by atoms with Gasteiger partial charge < -0.3 is 34.8 Å². The van der Waals surface area contributed by atoms with E-state index in [0.29, 0.717) is 62.3 Å². The van der Waals surface area contributed by atoms with Gasteiger partial charge in [0.2, 0.25) is 23.7 Å². The van der Waals surface area contributed by atoms with Crippen molar-refractivity contribution in [1.29, 1.82) is 0 Å². The summed E-state index contributed by atoms with van der Waals surface area (Å²) in [6.45, 7) is 4.47. The molecule has 66 heavy (non-hydrogen) atoms. The Morgan fingerprint density at radius 1 is 0.955 bits per heavy atom. The number of methoxy groups -OCH3 is 1. The number of likely N-dealkylation sites (N-methyl/N-ethyl adjacent to an activating group) is 1. The molecule has 4 amide bonds. The Kier molecular flexibility index (Phi) is 13.6. The highest BCUT2D eigenvalue weighted by molar-refractivity contribution is 6.06. The number of carbonyl (C=O) groups excluding carboxylic acids is 4. The van der Waals surface area contributed by atoms with Gasteiger partial charge in [-0.3, -0.25) is 24.5 Å². The van der Waals surface area contributed by atoms with Crippen molar-refractivity contribution in [3.63, 3.8) is 0 Å². The molecule has 2 aromatic carbocycles. The van der Waals surface area contributed by atoms with Crippen LogP contribution >= 0.6 is 0 Å². The minimum absolute atomic E-state index is 0.0892. The van der Waals surface area contributed by atoms with Gasteiger partial charge in [0.05, 0.1) is 37.8 Å². The Bertz CT molecular complexity index is 2520. The number of benzene rings is 2. The van der Waals surface area contributed by atoms with E-state index >= 15 is 0 Å². The quantitative estimate of drug-likeness (QED) is 0.0753. The molecule has 0 bridgehead atoms. The molecule has 0 radical (unpaired) electrons. The van der Waals surface area contributed by atoms with Crippen LogP contribution in [0.5, 0.6) is 5.75 Å². The second-order valence-corrected chi connectivity index (χ2v) is 17.9. The lowest BCUT2D eigenvalue weighted by atomic mass is 9.91. The van der Waals surface area contributed by atoms with E-state index in [0.717, 1.165) is 104 Å². The fourth-order valence-corrected chi connectivity index (χ4v) is 10.2. The molecule has 17 heteroatoms. The fraction of sp³-hybridized carbons (Fsp3) is 0.510. The van der Waals surface area contributed by atoms with Crippen molar-refractivity contribution in [2.24, 2.45) is 0 Å². The van der Waals surface area contributed by atoms with Gasteiger partial charge in [-0.1, -0.05) is 42.9 Å². The number of aromatic nitrogens is 5. The van der Waals surface area contributed by atoms with Crippen LogP contribution in [0, 0.1) is 11.8 Å². The van der Waals surface area contributed by atoms with Crippen molar-refractivity contribution in [2.45, 2.75) is 127 Å². The summed E-state index contributed by atoms with van der Waals surface area (Å²) in [6, 6.07) is 11.6. The molecule has 17 nitrogen and oxygen atoms in total. The molecular weight excluding hydrogens is 839 g/mol. The molecule has 1 unspecified atom stereocenters. The topological polar surface area (TPSA) is 189 Å². The molecule has 2 saturated carbocycles. The van der Waals surface area contributed by atoms with Crippen LogP contribution in [0.4, 0.5) is 23.1 Å². The lowest BCUT2D eigenvalue weighted by Gasteiger charge is -2.43. The van der Waals surface area contributed by atoms with Crippen molar-refractivity contribution in [3.05, 3.63) is 65.5 Å². The van der Waals surface area contributed by atoms with Crippen molar-refractivity contribution in [1.82, 2.24) is 40.5 Å². The zero-order valence-corrected chi connectivity index (χ0v) is 38.1. The first-order valence-corrected chi connectivity index (χ1v) is 23.6. The largest absolute Gasteiger partial charge is 0.495 e. The van der Waals surface area contributed by atoms with E-state index in [2.05, 4.69) is 54.9 Å². The minimum Gasteiger partial charge on any atom is -0.495 e. The zero-order valence-electron chi connectivity index (χ0n) is 38.1. The second-order valence-electron chi connectivity index (χ2n) is 17.9. The number of carbonyl (C=O) groups is 4. The Morgan fingerprint density at radius 3 is 2.58 bits per heavy atom.